The Morgan fingerprint density at radius 3 is 2.48 bits per heavy atom. The van der Waals surface area contributed by atoms with Gasteiger partial charge in [0.25, 0.3) is 0 Å². The zero-order valence-electron chi connectivity index (χ0n) is 13.5. The van der Waals surface area contributed by atoms with Gasteiger partial charge < -0.3 is 10.3 Å². The smallest absolute Gasteiger partial charge is 0.228 e. The summed E-state index contributed by atoms with van der Waals surface area (Å²) < 4.78 is 0. The lowest BCUT2D eigenvalue weighted by atomic mass is 10.1. The number of nitrogens with one attached hydrogen (secondary N) is 2. The first-order valence-electron chi connectivity index (χ1n) is 7.86. The van der Waals surface area contributed by atoms with Crippen LogP contribution in [0.4, 0.5) is 5.69 Å². The van der Waals surface area contributed by atoms with E-state index >= 15 is 0 Å². The molecule has 0 spiro atoms. The van der Waals surface area contributed by atoms with Crippen LogP contribution in [-0.2, 0) is 11.2 Å². The Bertz CT molecular complexity index is 867. The molecular weight excluding hydrogens is 314 g/mol. The normalized spacial score (nSPS) is 10.7. The van der Waals surface area contributed by atoms with E-state index in [2.05, 4.69) is 15.3 Å². The molecule has 0 fully saturated rings. The van der Waals surface area contributed by atoms with Crippen molar-refractivity contribution in [1.29, 1.82) is 0 Å². The van der Waals surface area contributed by atoms with Gasteiger partial charge in [-0.2, -0.15) is 0 Å². The fourth-order valence-electron chi connectivity index (χ4n) is 2.31. The predicted octanol–water partition coefficient (Wildman–Crippen LogP) is 3.49. The van der Waals surface area contributed by atoms with E-state index in [9.17, 15) is 9.59 Å². The van der Waals surface area contributed by atoms with Crippen LogP contribution in [0.25, 0.3) is 6.08 Å². The number of carbonyl (C=O) groups excluding carboxylic acids is 2. The van der Waals surface area contributed by atoms with Gasteiger partial charge in [-0.05, 0) is 29.3 Å². The quantitative estimate of drug-likeness (QED) is 0.536. The molecular formula is C20H17N3O2. The molecule has 0 saturated carbocycles. The molecule has 0 bridgehead atoms. The summed E-state index contributed by atoms with van der Waals surface area (Å²) in [6.45, 7) is 0. The van der Waals surface area contributed by atoms with Gasteiger partial charge >= 0.3 is 0 Å². The van der Waals surface area contributed by atoms with Gasteiger partial charge in [0.1, 0.15) is 0 Å². The van der Waals surface area contributed by atoms with Gasteiger partial charge in [0.15, 0.2) is 5.82 Å². The number of aromatic nitrogens is 2. The summed E-state index contributed by atoms with van der Waals surface area (Å²) >= 11 is 0. The number of amides is 1. The van der Waals surface area contributed by atoms with Crippen molar-refractivity contribution in [3.05, 3.63) is 90.0 Å². The number of ketones is 1. The zero-order valence-corrected chi connectivity index (χ0v) is 13.5. The Morgan fingerprint density at radius 2 is 1.80 bits per heavy atom. The van der Waals surface area contributed by atoms with Crippen molar-refractivity contribution in [2.24, 2.45) is 0 Å². The Kier molecular flexibility index (Phi) is 5.16. The summed E-state index contributed by atoms with van der Waals surface area (Å²) in [5.41, 5.74) is 2.57. The van der Waals surface area contributed by atoms with Crippen molar-refractivity contribution in [3.8, 4) is 0 Å². The standard InChI is InChI=1S/C20H17N3O2/c24-18(20-21-12-13-22-20)11-10-15-6-8-16(9-7-15)14-19(25)23-17-4-2-1-3-5-17/h1-13H,14H2,(H,21,22)(H,23,25)/b11-10+. The van der Waals surface area contributed by atoms with Gasteiger partial charge in [-0.25, -0.2) is 4.98 Å². The number of imidazole rings is 1. The van der Waals surface area contributed by atoms with Crippen molar-refractivity contribution in [3.63, 3.8) is 0 Å². The van der Waals surface area contributed by atoms with Crippen LogP contribution in [0.5, 0.6) is 0 Å². The number of H-pyrrole nitrogens is 1. The summed E-state index contributed by atoms with van der Waals surface area (Å²) in [6.07, 6.45) is 6.63. The summed E-state index contributed by atoms with van der Waals surface area (Å²) in [4.78, 5) is 30.5. The summed E-state index contributed by atoms with van der Waals surface area (Å²) in [7, 11) is 0. The molecule has 0 aliphatic rings. The molecule has 3 rings (SSSR count). The average molecular weight is 331 g/mol. The van der Waals surface area contributed by atoms with E-state index in [1.54, 1.807) is 12.3 Å². The van der Waals surface area contributed by atoms with Crippen LogP contribution >= 0.6 is 0 Å². The van der Waals surface area contributed by atoms with E-state index < -0.39 is 0 Å². The fraction of sp³-hybridized carbons (Fsp3) is 0.0500. The van der Waals surface area contributed by atoms with Crippen molar-refractivity contribution in [1.82, 2.24) is 9.97 Å². The molecule has 1 aromatic heterocycles. The van der Waals surface area contributed by atoms with Crippen LogP contribution < -0.4 is 5.32 Å². The number of hydrogen-bond acceptors (Lipinski definition) is 3. The third kappa shape index (κ3) is 4.75. The first-order chi connectivity index (χ1) is 12.2. The van der Waals surface area contributed by atoms with E-state index in [0.717, 1.165) is 16.8 Å². The molecule has 2 N–H and O–H groups in total. The topological polar surface area (TPSA) is 74.8 Å². The van der Waals surface area contributed by atoms with Crippen molar-refractivity contribution in [2.45, 2.75) is 6.42 Å². The Morgan fingerprint density at radius 1 is 1.04 bits per heavy atom. The van der Waals surface area contributed by atoms with Crippen LogP contribution in [0.2, 0.25) is 0 Å². The lowest BCUT2D eigenvalue weighted by Gasteiger charge is -2.05. The molecule has 0 aliphatic heterocycles. The lowest BCUT2D eigenvalue weighted by molar-refractivity contribution is -0.115. The minimum Gasteiger partial charge on any atom is -0.342 e. The van der Waals surface area contributed by atoms with Crippen LogP contribution in [-0.4, -0.2) is 21.7 Å². The number of para-hydroxylation sites is 1. The second-order valence-corrected chi connectivity index (χ2v) is 5.47. The maximum absolute atomic E-state index is 12.0. The molecule has 2 aromatic carbocycles. The van der Waals surface area contributed by atoms with E-state index in [1.807, 2.05) is 54.6 Å². The van der Waals surface area contributed by atoms with Crippen molar-refractivity contribution < 1.29 is 9.59 Å². The highest BCUT2D eigenvalue weighted by molar-refractivity contribution is 6.04. The monoisotopic (exact) mass is 331 g/mol. The van der Waals surface area contributed by atoms with Gasteiger partial charge in [-0.3, -0.25) is 9.59 Å². The first-order valence-corrected chi connectivity index (χ1v) is 7.86. The largest absolute Gasteiger partial charge is 0.342 e. The van der Waals surface area contributed by atoms with E-state index in [4.69, 9.17) is 0 Å². The highest BCUT2D eigenvalue weighted by atomic mass is 16.1. The van der Waals surface area contributed by atoms with Gasteiger partial charge in [0, 0.05) is 18.1 Å². The number of nitrogens with zero attached hydrogens (tertiary/aromatic N) is 1. The maximum Gasteiger partial charge on any atom is 0.228 e. The number of aromatic amines is 1. The molecule has 124 valence electrons. The molecule has 5 heteroatoms. The molecule has 0 atom stereocenters. The predicted molar refractivity (Wildman–Crippen MR) is 97.2 cm³/mol. The number of hydrogen-bond donors (Lipinski definition) is 2. The molecule has 0 aliphatic carbocycles. The number of anilines is 1. The molecule has 0 saturated heterocycles. The van der Waals surface area contributed by atoms with E-state index in [1.165, 1.54) is 12.3 Å². The minimum atomic E-state index is -0.184. The summed E-state index contributed by atoms with van der Waals surface area (Å²) in [5, 5.41) is 2.85. The zero-order chi connectivity index (χ0) is 17.5. The molecule has 0 unspecified atom stereocenters. The molecule has 1 amide bonds. The number of benzene rings is 2. The SMILES string of the molecule is O=C(Cc1ccc(/C=C/C(=O)c2ncc[nH]2)cc1)Nc1ccccc1. The maximum atomic E-state index is 12.0. The lowest BCUT2D eigenvalue weighted by Crippen LogP contribution is -2.14. The number of carbonyl (C=O) groups is 2. The van der Waals surface area contributed by atoms with Crippen LogP contribution in [0.3, 0.4) is 0 Å². The van der Waals surface area contributed by atoms with Crippen LogP contribution in [0, 0.1) is 0 Å². The second kappa shape index (κ2) is 7.88. The minimum absolute atomic E-state index is 0.0671. The summed E-state index contributed by atoms with van der Waals surface area (Å²) in [6, 6.07) is 16.8. The Hall–Kier alpha value is -3.47. The van der Waals surface area contributed by atoms with Gasteiger partial charge in [0.2, 0.25) is 11.7 Å². The van der Waals surface area contributed by atoms with Crippen molar-refractivity contribution in [2.75, 3.05) is 5.32 Å². The third-order valence-electron chi connectivity index (χ3n) is 3.56. The number of allylic oxidation sites excluding steroid dienone is 1. The first kappa shape index (κ1) is 16.4. The third-order valence-corrected chi connectivity index (χ3v) is 3.56. The van der Waals surface area contributed by atoms with Crippen molar-refractivity contribution >= 4 is 23.5 Å². The van der Waals surface area contributed by atoms with Gasteiger partial charge in [-0.15, -0.1) is 0 Å². The molecule has 1 heterocycles. The summed E-state index contributed by atoms with van der Waals surface area (Å²) in [5.74, 6) is 0.0595. The molecule has 0 radical (unpaired) electrons. The Labute approximate surface area is 145 Å². The molecule has 5 nitrogen and oxygen atoms in total. The second-order valence-electron chi connectivity index (χ2n) is 5.47. The van der Waals surface area contributed by atoms with Crippen LogP contribution in [0.15, 0.2) is 73.1 Å². The van der Waals surface area contributed by atoms with Gasteiger partial charge in [-0.1, -0.05) is 48.5 Å². The van der Waals surface area contributed by atoms with E-state index in [0.29, 0.717) is 12.2 Å². The highest BCUT2D eigenvalue weighted by Gasteiger charge is 2.05. The highest BCUT2D eigenvalue weighted by Crippen LogP contribution is 2.10. The molecule has 3 aromatic rings. The number of rotatable bonds is 6. The Balaban J connectivity index is 1.57. The average Bonchev–Trinajstić information content (AvgIpc) is 3.16. The van der Waals surface area contributed by atoms with E-state index in [-0.39, 0.29) is 11.7 Å². The van der Waals surface area contributed by atoms with Crippen LogP contribution in [0.1, 0.15) is 21.7 Å². The molecule has 25 heavy (non-hydrogen) atoms. The fourth-order valence-corrected chi connectivity index (χ4v) is 2.31. The van der Waals surface area contributed by atoms with Gasteiger partial charge in [0.05, 0.1) is 6.42 Å².